The standard InChI is InChI=1S/C18H39N/c1-5-8-10-11-12-13-15-18(19-4)16-17(7-3)14-9-6-2/h17-19H,5-16H2,1-4H3. The van der Waals surface area contributed by atoms with Crippen LogP contribution in [0.2, 0.25) is 0 Å². The Morgan fingerprint density at radius 2 is 1.37 bits per heavy atom. The van der Waals surface area contributed by atoms with Crippen LogP contribution >= 0.6 is 0 Å². The molecular weight excluding hydrogens is 230 g/mol. The molecule has 0 aliphatic rings. The fraction of sp³-hybridized carbons (Fsp3) is 1.00. The van der Waals surface area contributed by atoms with Gasteiger partial charge in [0, 0.05) is 6.04 Å². The first kappa shape index (κ1) is 19.0. The largest absolute Gasteiger partial charge is 0.317 e. The summed E-state index contributed by atoms with van der Waals surface area (Å²) in [6, 6.07) is 0.757. The van der Waals surface area contributed by atoms with Crippen LogP contribution < -0.4 is 5.32 Å². The number of hydrogen-bond donors (Lipinski definition) is 1. The van der Waals surface area contributed by atoms with E-state index in [2.05, 4.69) is 33.1 Å². The van der Waals surface area contributed by atoms with Crippen LogP contribution in [-0.2, 0) is 0 Å². The van der Waals surface area contributed by atoms with E-state index in [4.69, 9.17) is 0 Å². The van der Waals surface area contributed by atoms with Crippen molar-refractivity contribution < 1.29 is 0 Å². The number of nitrogens with one attached hydrogen (secondary N) is 1. The molecule has 1 nitrogen and oxygen atoms in total. The fourth-order valence-corrected chi connectivity index (χ4v) is 2.93. The second kappa shape index (κ2) is 14.4. The summed E-state index contributed by atoms with van der Waals surface area (Å²) in [5, 5.41) is 3.55. The molecule has 0 aliphatic carbocycles. The van der Waals surface area contributed by atoms with Gasteiger partial charge in [-0.05, 0) is 25.8 Å². The maximum absolute atomic E-state index is 3.55. The zero-order valence-electron chi connectivity index (χ0n) is 14.1. The molecule has 0 heterocycles. The van der Waals surface area contributed by atoms with Crippen LogP contribution in [0.5, 0.6) is 0 Å². The molecule has 0 rings (SSSR count). The average molecular weight is 270 g/mol. The highest BCUT2D eigenvalue weighted by atomic mass is 14.9. The van der Waals surface area contributed by atoms with Gasteiger partial charge in [-0.2, -0.15) is 0 Å². The Morgan fingerprint density at radius 1 is 0.737 bits per heavy atom. The lowest BCUT2D eigenvalue weighted by atomic mass is 9.90. The van der Waals surface area contributed by atoms with Gasteiger partial charge in [0.15, 0.2) is 0 Å². The Hall–Kier alpha value is -0.0400. The maximum Gasteiger partial charge on any atom is 0.00667 e. The van der Waals surface area contributed by atoms with Crippen molar-refractivity contribution in [1.29, 1.82) is 0 Å². The van der Waals surface area contributed by atoms with Crippen LogP contribution in [0.3, 0.4) is 0 Å². The molecular formula is C18H39N. The van der Waals surface area contributed by atoms with Gasteiger partial charge in [-0.3, -0.25) is 0 Å². The quantitative estimate of drug-likeness (QED) is 0.385. The lowest BCUT2D eigenvalue weighted by molar-refractivity contribution is 0.342. The van der Waals surface area contributed by atoms with E-state index in [0.717, 1.165) is 12.0 Å². The van der Waals surface area contributed by atoms with Crippen molar-refractivity contribution in [3.8, 4) is 0 Å². The predicted molar refractivity (Wildman–Crippen MR) is 88.8 cm³/mol. The van der Waals surface area contributed by atoms with E-state index in [1.165, 1.54) is 77.0 Å². The van der Waals surface area contributed by atoms with E-state index in [0.29, 0.717) is 0 Å². The molecule has 2 unspecified atom stereocenters. The molecule has 0 saturated carbocycles. The minimum atomic E-state index is 0.757. The van der Waals surface area contributed by atoms with E-state index in [9.17, 15) is 0 Å². The summed E-state index contributed by atoms with van der Waals surface area (Å²) in [4.78, 5) is 0. The van der Waals surface area contributed by atoms with Crippen molar-refractivity contribution in [2.75, 3.05) is 7.05 Å². The maximum atomic E-state index is 3.55. The summed E-state index contributed by atoms with van der Waals surface area (Å²) in [5.41, 5.74) is 0. The van der Waals surface area contributed by atoms with Crippen molar-refractivity contribution >= 4 is 0 Å². The van der Waals surface area contributed by atoms with E-state index in [-0.39, 0.29) is 0 Å². The van der Waals surface area contributed by atoms with Gasteiger partial charge in [0.1, 0.15) is 0 Å². The van der Waals surface area contributed by atoms with Gasteiger partial charge in [0.2, 0.25) is 0 Å². The van der Waals surface area contributed by atoms with Gasteiger partial charge in [-0.15, -0.1) is 0 Å². The van der Waals surface area contributed by atoms with E-state index < -0.39 is 0 Å². The van der Waals surface area contributed by atoms with E-state index in [1.54, 1.807) is 0 Å². The number of hydrogen-bond acceptors (Lipinski definition) is 1. The Balaban J connectivity index is 3.67. The number of unbranched alkanes of at least 4 members (excludes halogenated alkanes) is 6. The molecule has 0 aromatic heterocycles. The number of rotatable bonds is 14. The topological polar surface area (TPSA) is 12.0 Å². The molecule has 0 aliphatic heterocycles. The van der Waals surface area contributed by atoms with Gasteiger partial charge < -0.3 is 5.32 Å². The highest BCUT2D eigenvalue weighted by Gasteiger charge is 2.13. The first-order valence-corrected chi connectivity index (χ1v) is 8.95. The molecule has 1 heteroatoms. The smallest absolute Gasteiger partial charge is 0.00667 e. The lowest BCUT2D eigenvalue weighted by Crippen LogP contribution is -2.27. The van der Waals surface area contributed by atoms with Crippen molar-refractivity contribution in [3.05, 3.63) is 0 Å². The zero-order chi connectivity index (χ0) is 14.3. The Kier molecular flexibility index (Phi) is 14.3. The summed E-state index contributed by atoms with van der Waals surface area (Å²) < 4.78 is 0. The molecule has 0 saturated heterocycles. The molecule has 116 valence electrons. The van der Waals surface area contributed by atoms with Crippen LogP contribution in [0.25, 0.3) is 0 Å². The second-order valence-electron chi connectivity index (χ2n) is 6.19. The first-order chi connectivity index (χ1) is 9.28. The molecule has 0 amide bonds. The van der Waals surface area contributed by atoms with E-state index in [1.807, 2.05) is 0 Å². The van der Waals surface area contributed by atoms with Crippen molar-refractivity contribution in [3.63, 3.8) is 0 Å². The molecule has 2 atom stereocenters. The van der Waals surface area contributed by atoms with Crippen LogP contribution in [0.15, 0.2) is 0 Å². The van der Waals surface area contributed by atoms with Gasteiger partial charge in [-0.25, -0.2) is 0 Å². The lowest BCUT2D eigenvalue weighted by Gasteiger charge is -2.22. The first-order valence-electron chi connectivity index (χ1n) is 8.95. The average Bonchev–Trinajstić information content (AvgIpc) is 2.44. The van der Waals surface area contributed by atoms with Gasteiger partial charge in [0.25, 0.3) is 0 Å². The summed E-state index contributed by atoms with van der Waals surface area (Å²) in [7, 11) is 2.15. The van der Waals surface area contributed by atoms with Gasteiger partial charge in [0.05, 0.1) is 0 Å². The minimum Gasteiger partial charge on any atom is -0.317 e. The van der Waals surface area contributed by atoms with Crippen LogP contribution in [0.4, 0.5) is 0 Å². The molecule has 0 bridgehead atoms. The second-order valence-corrected chi connectivity index (χ2v) is 6.19. The molecule has 0 radical (unpaired) electrons. The monoisotopic (exact) mass is 269 g/mol. The van der Waals surface area contributed by atoms with Gasteiger partial charge in [-0.1, -0.05) is 85.0 Å². The third-order valence-corrected chi connectivity index (χ3v) is 4.48. The third kappa shape index (κ3) is 11.5. The third-order valence-electron chi connectivity index (χ3n) is 4.48. The summed E-state index contributed by atoms with van der Waals surface area (Å²) in [6.07, 6.45) is 16.8. The highest BCUT2D eigenvalue weighted by molar-refractivity contribution is 4.70. The Morgan fingerprint density at radius 3 is 1.95 bits per heavy atom. The van der Waals surface area contributed by atoms with Gasteiger partial charge >= 0.3 is 0 Å². The van der Waals surface area contributed by atoms with Crippen LogP contribution in [0, 0.1) is 5.92 Å². The molecule has 0 aromatic rings. The fourth-order valence-electron chi connectivity index (χ4n) is 2.93. The molecule has 0 fully saturated rings. The van der Waals surface area contributed by atoms with Crippen molar-refractivity contribution in [1.82, 2.24) is 5.32 Å². The van der Waals surface area contributed by atoms with Crippen molar-refractivity contribution in [2.24, 2.45) is 5.92 Å². The summed E-state index contributed by atoms with van der Waals surface area (Å²) >= 11 is 0. The molecule has 0 spiro atoms. The molecule has 1 N–H and O–H groups in total. The molecule has 19 heavy (non-hydrogen) atoms. The van der Waals surface area contributed by atoms with E-state index >= 15 is 0 Å². The summed E-state index contributed by atoms with van der Waals surface area (Å²) in [6.45, 7) is 6.95. The SMILES string of the molecule is CCCCCCCCC(CC(CC)CCCC)NC. The predicted octanol–water partition coefficient (Wildman–Crippen LogP) is 5.93. The Labute approximate surface area is 122 Å². The zero-order valence-corrected chi connectivity index (χ0v) is 14.1. The minimum absolute atomic E-state index is 0.757. The van der Waals surface area contributed by atoms with Crippen LogP contribution in [-0.4, -0.2) is 13.1 Å². The van der Waals surface area contributed by atoms with Crippen molar-refractivity contribution in [2.45, 2.75) is 104 Å². The highest BCUT2D eigenvalue weighted by Crippen LogP contribution is 2.21. The normalized spacial score (nSPS) is 14.5. The summed E-state index contributed by atoms with van der Waals surface area (Å²) in [5.74, 6) is 0.942. The Bertz CT molecular complexity index is 167. The van der Waals surface area contributed by atoms with Crippen LogP contribution in [0.1, 0.15) is 97.8 Å². The molecule has 0 aromatic carbocycles.